The molecule has 0 radical (unpaired) electrons. The fourth-order valence-electron chi connectivity index (χ4n) is 0. The molecule has 0 aliphatic carbocycles. The molecule has 0 bridgehead atoms. The molecule has 3 N–H and O–H groups in total. The Labute approximate surface area is 57.6 Å². The van der Waals surface area contributed by atoms with Crippen LogP contribution >= 0.6 is 8.60 Å². The molecule has 0 saturated heterocycles. The summed E-state index contributed by atoms with van der Waals surface area (Å²) in [5.74, 6) is 0. The lowest BCUT2D eigenvalue weighted by atomic mass is 15.8. The van der Waals surface area contributed by atoms with Gasteiger partial charge in [-0.1, -0.05) is 0 Å². The first-order valence-electron chi connectivity index (χ1n) is 0.600. The summed E-state index contributed by atoms with van der Waals surface area (Å²) in [7, 11) is -2.62. The molecule has 3 nitrogen and oxygen atoms in total. The fraction of sp³-hybridized carbons (Fsp3) is 0. The number of rotatable bonds is 0. The van der Waals surface area contributed by atoms with Gasteiger partial charge in [-0.3, -0.25) is 0 Å². The van der Waals surface area contributed by atoms with E-state index in [-0.39, 0.29) is 34.0 Å². The second-order valence-corrected chi connectivity index (χ2v) is 0.805. The lowest BCUT2D eigenvalue weighted by Gasteiger charge is -1.76. The van der Waals surface area contributed by atoms with Crippen LogP contribution in [0.5, 0.6) is 0 Å². The first-order chi connectivity index (χ1) is 1.73. The quantitative estimate of drug-likeness (QED) is 0.246. The zero-order chi connectivity index (χ0) is 3.58. The maximum Gasteiger partial charge on any atom is 0.324 e. The standard InChI is InChI=1S/Mg.H3O3P.H4Si.2H/c;1-4(2)3;;;/h;1-3H;1H4;;. The minimum absolute atomic E-state index is 0. The molecular weight excluding hydrogens is 131 g/mol. The highest BCUT2D eigenvalue weighted by Crippen LogP contribution is 2.11. The van der Waals surface area contributed by atoms with Crippen LogP contribution in [0.2, 0.25) is 0 Å². The van der Waals surface area contributed by atoms with Gasteiger partial charge in [-0.25, -0.2) is 0 Å². The number of hydrogen-bond acceptors (Lipinski definition) is 3. The monoisotopic (exact) mass is 140 g/mol. The smallest absolute Gasteiger partial charge is 0.324 e. The molecule has 0 heterocycles. The average Bonchev–Trinajstić information content (AvgIpc) is 0.811. The lowest BCUT2D eigenvalue weighted by molar-refractivity contribution is 0.368. The molecule has 0 atom stereocenters. The Morgan fingerprint density at radius 2 is 1.00 bits per heavy atom. The second-order valence-electron chi connectivity index (χ2n) is 0.268. The molecule has 0 aromatic rings. The molecule has 0 spiro atoms. The van der Waals surface area contributed by atoms with Crippen molar-refractivity contribution in [3.05, 3.63) is 0 Å². The Balaban J connectivity index is -0.0000000450. The highest BCUT2D eigenvalue weighted by atomic mass is 31.2. The lowest BCUT2D eigenvalue weighted by Crippen LogP contribution is -1.54. The van der Waals surface area contributed by atoms with E-state index in [1.165, 1.54) is 0 Å². The van der Waals surface area contributed by atoms with Gasteiger partial charge in [0.15, 0.2) is 0 Å². The van der Waals surface area contributed by atoms with Crippen molar-refractivity contribution in [1.82, 2.24) is 0 Å². The van der Waals surface area contributed by atoms with Gasteiger partial charge in [0.25, 0.3) is 0 Å². The molecule has 0 unspecified atom stereocenters. The van der Waals surface area contributed by atoms with E-state index in [0.29, 0.717) is 0 Å². The molecular formula is H9MgO3PSi. The molecule has 0 saturated carbocycles. The summed E-state index contributed by atoms with van der Waals surface area (Å²) in [6, 6.07) is 0. The van der Waals surface area contributed by atoms with E-state index in [9.17, 15) is 0 Å². The number of hydrogen-bond donors (Lipinski definition) is 3. The van der Waals surface area contributed by atoms with Gasteiger partial charge in [0, 0.05) is 0 Å². The van der Waals surface area contributed by atoms with Crippen molar-refractivity contribution in [3.63, 3.8) is 0 Å². The molecule has 0 aromatic heterocycles. The maximum atomic E-state index is 7.23. The van der Waals surface area contributed by atoms with Gasteiger partial charge in [0.2, 0.25) is 0 Å². The molecule has 6 heavy (non-hydrogen) atoms. The van der Waals surface area contributed by atoms with E-state index in [1.807, 2.05) is 0 Å². The van der Waals surface area contributed by atoms with Crippen molar-refractivity contribution in [2.45, 2.75) is 0 Å². The third kappa shape index (κ3) is 58.3. The normalized spacial score (nSPS) is 6.00. The Morgan fingerprint density at radius 3 is 1.00 bits per heavy atom. The Hall–Kier alpha value is 1.29. The van der Waals surface area contributed by atoms with Crippen LogP contribution in [0, 0.1) is 0 Å². The first kappa shape index (κ1) is 15.7. The van der Waals surface area contributed by atoms with E-state index < -0.39 is 8.60 Å². The Bertz CT molecular complexity index is 15.5. The summed E-state index contributed by atoms with van der Waals surface area (Å²) in [5, 5.41) is 0. The van der Waals surface area contributed by atoms with Crippen LogP contribution < -0.4 is 0 Å². The maximum absolute atomic E-state index is 7.23. The van der Waals surface area contributed by atoms with Crippen molar-refractivity contribution in [2.24, 2.45) is 0 Å². The molecule has 0 fully saturated rings. The third-order valence-corrected chi connectivity index (χ3v) is 0. The van der Waals surface area contributed by atoms with Crippen molar-refractivity contribution in [1.29, 1.82) is 0 Å². The summed E-state index contributed by atoms with van der Waals surface area (Å²) in [5.41, 5.74) is 0. The van der Waals surface area contributed by atoms with E-state index >= 15 is 0 Å². The predicted molar refractivity (Wildman–Crippen MR) is 33.5 cm³/mol. The summed E-state index contributed by atoms with van der Waals surface area (Å²) < 4.78 is 0. The second kappa shape index (κ2) is 9.57. The van der Waals surface area contributed by atoms with Crippen LogP contribution in [0.25, 0.3) is 0 Å². The van der Waals surface area contributed by atoms with Crippen LogP contribution in [-0.2, 0) is 0 Å². The van der Waals surface area contributed by atoms with Crippen molar-refractivity contribution in [3.8, 4) is 0 Å². The zero-order valence-electron chi connectivity index (χ0n) is 1.79. The topological polar surface area (TPSA) is 60.7 Å². The van der Waals surface area contributed by atoms with Crippen molar-refractivity contribution in [2.75, 3.05) is 0 Å². The molecule has 38 valence electrons. The van der Waals surface area contributed by atoms with Crippen molar-refractivity contribution < 1.29 is 14.7 Å². The zero-order valence-corrected chi connectivity index (χ0v) is 2.68. The van der Waals surface area contributed by atoms with Crippen LogP contribution in [0.3, 0.4) is 0 Å². The van der Waals surface area contributed by atoms with Crippen LogP contribution in [0.15, 0.2) is 0 Å². The molecule has 6 heteroatoms. The van der Waals surface area contributed by atoms with Gasteiger partial charge in [0.05, 0.1) is 0 Å². The van der Waals surface area contributed by atoms with Gasteiger partial charge >= 0.3 is 31.7 Å². The van der Waals surface area contributed by atoms with Gasteiger partial charge in [0.1, 0.15) is 0 Å². The fourth-order valence-corrected chi connectivity index (χ4v) is 0. The minimum atomic E-state index is -2.62. The Kier molecular flexibility index (Phi) is 25.0. The highest BCUT2D eigenvalue weighted by molar-refractivity contribution is 7.38. The summed E-state index contributed by atoms with van der Waals surface area (Å²) in [6.07, 6.45) is 0. The molecule has 0 aliphatic heterocycles. The van der Waals surface area contributed by atoms with Crippen LogP contribution in [0.4, 0.5) is 0 Å². The van der Waals surface area contributed by atoms with Gasteiger partial charge in [-0.2, -0.15) is 0 Å². The molecule has 0 aromatic carbocycles. The molecule has 0 aliphatic rings. The molecule has 0 rings (SSSR count). The van der Waals surface area contributed by atoms with E-state index in [1.54, 1.807) is 0 Å². The van der Waals surface area contributed by atoms with Gasteiger partial charge < -0.3 is 14.7 Å². The SMILES string of the molecule is OP(O)O.[MgH2].[SiH4]. The first-order valence-corrected chi connectivity index (χ1v) is 1.80. The van der Waals surface area contributed by atoms with Crippen LogP contribution in [-0.4, -0.2) is 48.7 Å². The van der Waals surface area contributed by atoms with Crippen LogP contribution in [0.1, 0.15) is 0 Å². The van der Waals surface area contributed by atoms with Crippen molar-refractivity contribution >= 4 is 42.6 Å². The Morgan fingerprint density at radius 1 is 1.00 bits per heavy atom. The van der Waals surface area contributed by atoms with E-state index in [4.69, 9.17) is 14.7 Å². The van der Waals surface area contributed by atoms with E-state index in [2.05, 4.69) is 0 Å². The van der Waals surface area contributed by atoms with Gasteiger partial charge in [-0.05, 0) is 11.0 Å². The van der Waals surface area contributed by atoms with Gasteiger partial charge in [-0.15, -0.1) is 0 Å². The molecule has 0 amide bonds. The minimum Gasteiger partial charge on any atom is -0.328 e. The average molecular weight is 140 g/mol. The third-order valence-electron chi connectivity index (χ3n) is 0. The summed E-state index contributed by atoms with van der Waals surface area (Å²) >= 11 is 0. The predicted octanol–water partition coefficient (Wildman–Crippen LogP) is -3.18. The summed E-state index contributed by atoms with van der Waals surface area (Å²) in [4.78, 5) is 21.7. The highest BCUT2D eigenvalue weighted by Gasteiger charge is 1.76. The van der Waals surface area contributed by atoms with E-state index in [0.717, 1.165) is 0 Å². The summed E-state index contributed by atoms with van der Waals surface area (Å²) in [6.45, 7) is 0. The largest absolute Gasteiger partial charge is 0.328 e.